The van der Waals surface area contributed by atoms with Crippen LogP contribution in [0.5, 0.6) is 11.5 Å². The molecule has 0 aliphatic carbocycles. The lowest BCUT2D eigenvalue weighted by atomic mass is 10.2. The Morgan fingerprint density at radius 1 is 1.21 bits per heavy atom. The highest BCUT2D eigenvalue weighted by atomic mass is 79.9. The largest absolute Gasteiger partial charge is 0.490 e. The lowest BCUT2D eigenvalue weighted by Gasteiger charge is -2.14. The van der Waals surface area contributed by atoms with Gasteiger partial charge in [-0.1, -0.05) is 17.7 Å². The molecule has 0 saturated carbocycles. The molecule has 2 aromatic carbocycles. The molecule has 33 heavy (non-hydrogen) atoms. The maximum Gasteiger partial charge on any atom is 0.344 e. The third kappa shape index (κ3) is 6.75. The smallest absolute Gasteiger partial charge is 0.344 e. The summed E-state index contributed by atoms with van der Waals surface area (Å²) in [5.41, 5.74) is 2.35. The van der Waals surface area contributed by atoms with E-state index < -0.39 is 5.97 Å². The van der Waals surface area contributed by atoms with Crippen LogP contribution < -0.4 is 14.8 Å². The number of carbonyl (C=O) groups excluding carboxylic acids is 2. The van der Waals surface area contributed by atoms with Crippen LogP contribution in [-0.2, 0) is 14.3 Å². The number of hydrogen-bond donors (Lipinski definition) is 1. The Balaban J connectivity index is 1.84. The second-order valence-corrected chi connectivity index (χ2v) is 9.09. The van der Waals surface area contributed by atoms with Gasteiger partial charge in [-0.2, -0.15) is 0 Å². The standard InChI is InChI=1S/C23H22BrClN2O5S/c1-4-30-18-9-14(8-16(24)21(18)32-12-20(28)31-5-2)10-19-22(29)27-23(33-19)26-17-11-15(25)7-6-13(17)3/h6-11H,4-5,12H2,1-3H3,(H,26,27,29)/b19-10-. The van der Waals surface area contributed by atoms with Crippen molar-refractivity contribution < 1.29 is 23.8 Å². The Morgan fingerprint density at radius 2 is 2.00 bits per heavy atom. The average Bonchev–Trinajstić information content (AvgIpc) is 3.09. The maximum absolute atomic E-state index is 12.5. The topological polar surface area (TPSA) is 86.2 Å². The van der Waals surface area contributed by atoms with E-state index in [9.17, 15) is 9.59 Å². The summed E-state index contributed by atoms with van der Waals surface area (Å²) in [6, 6.07) is 8.93. The van der Waals surface area contributed by atoms with Gasteiger partial charge in [-0.25, -0.2) is 9.79 Å². The number of nitrogens with zero attached hydrogens (tertiary/aromatic N) is 1. The zero-order valence-corrected chi connectivity index (χ0v) is 21.4. The van der Waals surface area contributed by atoms with Gasteiger partial charge >= 0.3 is 5.97 Å². The summed E-state index contributed by atoms with van der Waals surface area (Å²) in [5, 5.41) is 3.81. The Bertz CT molecular complexity index is 1140. The Hall–Kier alpha value is -2.49. The predicted octanol–water partition coefficient (Wildman–Crippen LogP) is 5.64. The number of halogens is 2. The zero-order chi connectivity index (χ0) is 24.0. The van der Waals surface area contributed by atoms with Crippen LogP contribution >= 0.6 is 39.3 Å². The monoisotopic (exact) mass is 552 g/mol. The maximum atomic E-state index is 12.5. The number of benzene rings is 2. The highest BCUT2D eigenvalue weighted by Gasteiger charge is 2.24. The van der Waals surface area contributed by atoms with E-state index in [0.29, 0.717) is 48.9 Å². The van der Waals surface area contributed by atoms with Crippen LogP contribution in [0, 0.1) is 6.92 Å². The molecule has 2 aromatic rings. The molecule has 1 aliphatic rings. The molecule has 1 N–H and O–H groups in total. The minimum atomic E-state index is -0.473. The fourth-order valence-corrected chi connectivity index (χ4v) is 4.43. The molecule has 10 heteroatoms. The van der Waals surface area contributed by atoms with Crippen LogP contribution in [0.25, 0.3) is 6.08 Å². The molecule has 1 amide bonds. The fraction of sp³-hybridized carbons (Fsp3) is 0.261. The van der Waals surface area contributed by atoms with E-state index in [1.807, 2.05) is 19.9 Å². The van der Waals surface area contributed by atoms with E-state index in [1.54, 1.807) is 37.3 Å². The molecule has 3 rings (SSSR count). The SMILES string of the molecule is CCOC(=O)COc1c(Br)cc(/C=C2\SC(=Nc3cc(Cl)ccc3C)NC2=O)cc1OCC. The van der Waals surface area contributed by atoms with E-state index in [-0.39, 0.29) is 19.1 Å². The van der Waals surface area contributed by atoms with E-state index >= 15 is 0 Å². The van der Waals surface area contributed by atoms with Crippen LogP contribution in [-0.4, -0.2) is 36.9 Å². The quantitative estimate of drug-likeness (QED) is 0.336. The average molecular weight is 554 g/mol. The first-order valence-corrected chi connectivity index (χ1v) is 12.1. The summed E-state index contributed by atoms with van der Waals surface area (Å²) in [6.07, 6.45) is 1.73. The van der Waals surface area contributed by atoms with Crippen LogP contribution in [0.15, 0.2) is 44.7 Å². The normalized spacial score (nSPS) is 15.6. The lowest BCUT2D eigenvalue weighted by molar-refractivity contribution is -0.145. The number of amidine groups is 1. The van der Waals surface area contributed by atoms with Crippen molar-refractivity contribution in [3.05, 3.63) is 55.9 Å². The van der Waals surface area contributed by atoms with Crippen molar-refractivity contribution in [3.63, 3.8) is 0 Å². The molecule has 0 aromatic heterocycles. The molecule has 174 valence electrons. The van der Waals surface area contributed by atoms with E-state index in [2.05, 4.69) is 26.2 Å². The minimum absolute atomic E-state index is 0.242. The Kier molecular flexibility index (Phi) is 8.82. The summed E-state index contributed by atoms with van der Waals surface area (Å²) in [4.78, 5) is 29.2. The Morgan fingerprint density at radius 3 is 2.73 bits per heavy atom. The third-order valence-corrected chi connectivity index (χ3v) is 6.05. The van der Waals surface area contributed by atoms with Gasteiger partial charge in [0.25, 0.3) is 5.91 Å². The number of aliphatic imine (C=N–C) groups is 1. The number of esters is 1. The highest BCUT2D eigenvalue weighted by molar-refractivity contribution is 9.10. The number of thioether (sulfide) groups is 1. The number of rotatable bonds is 8. The fourth-order valence-electron chi connectivity index (χ4n) is 2.85. The van der Waals surface area contributed by atoms with Gasteiger partial charge in [-0.15, -0.1) is 0 Å². The molecular formula is C23H22BrClN2O5S. The second kappa shape index (κ2) is 11.6. The van der Waals surface area contributed by atoms with Crippen molar-refractivity contribution in [2.75, 3.05) is 19.8 Å². The molecule has 1 fully saturated rings. The third-order valence-electron chi connectivity index (χ3n) is 4.31. The van der Waals surface area contributed by atoms with Gasteiger partial charge in [0.15, 0.2) is 23.3 Å². The predicted molar refractivity (Wildman–Crippen MR) is 134 cm³/mol. The second-order valence-electron chi connectivity index (χ2n) is 6.77. The lowest BCUT2D eigenvalue weighted by Crippen LogP contribution is -2.19. The number of carbonyl (C=O) groups is 2. The van der Waals surface area contributed by atoms with Gasteiger partial charge in [-0.05, 0) is 89.9 Å². The van der Waals surface area contributed by atoms with E-state index in [1.165, 1.54) is 11.8 Å². The van der Waals surface area contributed by atoms with Crippen LogP contribution in [0.2, 0.25) is 5.02 Å². The van der Waals surface area contributed by atoms with Crippen molar-refractivity contribution in [1.82, 2.24) is 5.32 Å². The van der Waals surface area contributed by atoms with Gasteiger partial charge in [0.1, 0.15) is 0 Å². The van der Waals surface area contributed by atoms with Crippen molar-refractivity contribution in [2.24, 2.45) is 4.99 Å². The summed E-state index contributed by atoms with van der Waals surface area (Å²) in [5.74, 6) is 0.0955. The number of ether oxygens (including phenoxy) is 3. The van der Waals surface area contributed by atoms with Crippen molar-refractivity contribution in [3.8, 4) is 11.5 Å². The van der Waals surface area contributed by atoms with E-state index in [4.69, 9.17) is 25.8 Å². The summed E-state index contributed by atoms with van der Waals surface area (Å²) in [7, 11) is 0. The molecule has 0 unspecified atom stereocenters. The van der Waals surface area contributed by atoms with Crippen LogP contribution in [0.3, 0.4) is 0 Å². The number of nitrogens with one attached hydrogen (secondary N) is 1. The molecule has 1 aliphatic heterocycles. The molecule has 0 radical (unpaired) electrons. The van der Waals surface area contributed by atoms with Crippen molar-refractivity contribution >= 4 is 68.1 Å². The van der Waals surface area contributed by atoms with Gasteiger partial charge in [0.2, 0.25) is 0 Å². The molecule has 1 heterocycles. The first-order chi connectivity index (χ1) is 15.8. The minimum Gasteiger partial charge on any atom is -0.490 e. The van der Waals surface area contributed by atoms with E-state index in [0.717, 1.165) is 5.56 Å². The summed E-state index contributed by atoms with van der Waals surface area (Å²) >= 11 is 10.8. The van der Waals surface area contributed by atoms with Crippen LogP contribution in [0.4, 0.5) is 5.69 Å². The van der Waals surface area contributed by atoms with Crippen molar-refractivity contribution in [1.29, 1.82) is 0 Å². The Labute approximate surface area is 209 Å². The molecule has 0 spiro atoms. The molecule has 0 bridgehead atoms. The summed E-state index contributed by atoms with van der Waals surface area (Å²) < 4.78 is 16.8. The number of hydrogen-bond acceptors (Lipinski definition) is 7. The van der Waals surface area contributed by atoms with Gasteiger partial charge < -0.3 is 19.5 Å². The number of amides is 1. The molecule has 0 atom stereocenters. The first kappa shape index (κ1) is 25.1. The molecule has 7 nitrogen and oxygen atoms in total. The van der Waals surface area contributed by atoms with Crippen LogP contribution in [0.1, 0.15) is 25.0 Å². The van der Waals surface area contributed by atoms with Gasteiger partial charge in [0, 0.05) is 5.02 Å². The van der Waals surface area contributed by atoms with Gasteiger partial charge in [0.05, 0.1) is 28.3 Å². The highest BCUT2D eigenvalue weighted by Crippen LogP contribution is 2.38. The molecular weight excluding hydrogens is 532 g/mol. The zero-order valence-electron chi connectivity index (χ0n) is 18.2. The van der Waals surface area contributed by atoms with Crippen molar-refractivity contribution in [2.45, 2.75) is 20.8 Å². The number of aryl methyl sites for hydroxylation is 1. The first-order valence-electron chi connectivity index (χ1n) is 10.1. The molecule has 1 saturated heterocycles. The van der Waals surface area contributed by atoms with Gasteiger partial charge in [-0.3, -0.25) is 4.79 Å². The summed E-state index contributed by atoms with van der Waals surface area (Å²) in [6.45, 7) is 5.92.